The highest BCUT2D eigenvalue weighted by Crippen LogP contribution is 2.07. The number of amides is 3. The number of hydrogen-bond donors (Lipinski definition) is 8. The largest absolute Gasteiger partial charge is 0.481 e. The van der Waals surface area contributed by atoms with Crippen LogP contribution in [0.15, 0.2) is 0 Å². The number of rotatable bonds is 15. The fraction of sp³-hybridized carbons (Fsp3) is 0.611. The van der Waals surface area contributed by atoms with E-state index in [9.17, 15) is 33.6 Å². The van der Waals surface area contributed by atoms with Crippen LogP contribution in [0.1, 0.15) is 39.5 Å². The van der Waals surface area contributed by atoms with E-state index in [1.807, 2.05) is 5.32 Å². The Bertz CT molecular complexity index is 783. The van der Waals surface area contributed by atoms with Gasteiger partial charge in [0.25, 0.3) is 0 Å². The normalized spacial score (nSPS) is 14.3. The van der Waals surface area contributed by atoms with Crippen molar-refractivity contribution in [1.29, 1.82) is 0 Å². The molecule has 15 nitrogen and oxygen atoms in total. The van der Waals surface area contributed by atoms with E-state index < -0.39 is 97.4 Å². The summed E-state index contributed by atoms with van der Waals surface area (Å²) in [6.45, 7) is 3.04. The Kier molecular flexibility index (Phi) is 12.1. The first kappa shape index (κ1) is 29.2. The first-order valence-electron chi connectivity index (χ1n) is 9.70. The van der Waals surface area contributed by atoms with Crippen LogP contribution in [0.4, 0.5) is 0 Å². The van der Waals surface area contributed by atoms with Gasteiger partial charge in [-0.15, -0.1) is 0 Å². The van der Waals surface area contributed by atoms with Gasteiger partial charge in [0, 0.05) is 6.42 Å². The molecule has 4 atom stereocenters. The Morgan fingerprint density at radius 2 is 1.21 bits per heavy atom. The second-order valence-corrected chi connectivity index (χ2v) is 7.43. The van der Waals surface area contributed by atoms with Gasteiger partial charge in [-0.1, -0.05) is 13.8 Å². The molecule has 0 heterocycles. The molecule has 0 saturated carbocycles. The number of nitrogens with two attached hydrogens (primary N) is 1. The Labute approximate surface area is 187 Å². The van der Waals surface area contributed by atoms with Gasteiger partial charge in [-0.2, -0.15) is 0 Å². The summed E-state index contributed by atoms with van der Waals surface area (Å²) in [6.07, 6.45) is -2.74. The van der Waals surface area contributed by atoms with E-state index in [0.29, 0.717) is 0 Å². The van der Waals surface area contributed by atoms with Gasteiger partial charge in [0.05, 0.1) is 18.9 Å². The number of carboxylic acid groups (broad SMARTS) is 4. The minimum absolute atomic E-state index is 0.469. The zero-order valence-electron chi connectivity index (χ0n) is 17.9. The summed E-state index contributed by atoms with van der Waals surface area (Å²) in [6, 6.07) is -6.18. The van der Waals surface area contributed by atoms with Crippen LogP contribution in [-0.4, -0.2) is 86.2 Å². The molecule has 0 aromatic rings. The van der Waals surface area contributed by atoms with Crippen LogP contribution in [0, 0.1) is 5.92 Å². The summed E-state index contributed by atoms with van der Waals surface area (Å²) in [4.78, 5) is 80.9. The lowest BCUT2D eigenvalue weighted by Crippen LogP contribution is -2.58. The maximum Gasteiger partial charge on any atom is 0.326 e. The van der Waals surface area contributed by atoms with E-state index in [2.05, 4.69) is 10.6 Å². The molecule has 0 aliphatic heterocycles. The average molecular weight is 476 g/mol. The Morgan fingerprint density at radius 1 is 0.697 bits per heavy atom. The zero-order valence-corrected chi connectivity index (χ0v) is 17.9. The van der Waals surface area contributed by atoms with Crippen molar-refractivity contribution in [2.75, 3.05) is 0 Å². The first-order chi connectivity index (χ1) is 15.1. The zero-order chi connectivity index (χ0) is 25.9. The van der Waals surface area contributed by atoms with Gasteiger partial charge >= 0.3 is 23.9 Å². The van der Waals surface area contributed by atoms with Gasteiger partial charge < -0.3 is 42.1 Å². The molecule has 3 amide bonds. The van der Waals surface area contributed by atoms with Crippen LogP contribution in [0.25, 0.3) is 0 Å². The first-order valence-corrected chi connectivity index (χ1v) is 9.70. The molecule has 15 heteroatoms. The molecule has 0 aromatic heterocycles. The summed E-state index contributed by atoms with van der Waals surface area (Å²) in [5.74, 6) is -9.47. The van der Waals surface area contributed by atoms with Crippen molar-refractivity contribution < 1.29 is 54.0 Å². The van der Waals surface area contributed by atoms with Gasteiger partial charge in [-0.25, -0.2) is 4.79 Å². The molecule has 0 spiro atoms. The summed E-state index contributed by atoms with van der Waals surface area (Å²) in [5.41, 5.74) is 5.46. The predicted molar refractivity (Wildman–Crippen MR) is 108 cm³/mol. The number of carbonyl (C=O) groups is 7. The van der Waals surface area contributed by atoms with E-state index in [1.54, 1.807) is 0 Å². The minimum Gasteiger partial charge on any atom is -0.481 e. The average Bonchev–Trinajstić information content (AvgIpc) is 2.66. The molecule has 4 unspecified atom stereocenters. The second kappa shape index (κ2) is 13.6. The van der Waals surface area contributed by atoms with E-state index in [1.165, 1.54) is 13.8 Å². The van der Waals surface area contributed by atoms with E-state index in [0.717, 1.165) is 0 Å². The van der Waals surface area contributed by atoms with Crippen LogP contribution < -0.4 is 21.7 Å². The SMILES string of the molecule is CC(C)C(NC(=O)C(N)CC(=O)O)C(=O)NC(CCC(=O)O)C(=O)NC(CC(=O)O)C(=O)O. The third-order valence-corrected chi connectivity index (χ3v) is 4.25. The molecule has 0 radical (unpaired) electrons. The molecule has 0 bridgehead atoms. The fourth-order valence-electron chi connectivity index (χ4n) is 2.52. The van der Waals surface area contributed by atoms with Gasteiger partial charge in [0.15, 0.2) is 0 Å². The van der Waals surface area contributed by atoms with Crippen molar-refractivity contribution in [3.05, 3.63) is 0 Å². The molecular formula is C18H28N4O11. The molecule has 186 valence electrons. The Morgan fingerprint density at radius 3 is 1.64 bits per heavy atom. The quantitative estimate of drug-likeness (QED) is 0.120. The molecule has 9 N–H and O–H groups in total. The highest BCUT2D eigenvalue weighted by molar-refractivity contribution is 5.95. The predicted octanol–water partition coefficient (Wildman–Crippen LogP) is -2.68. The summed E-state index contributed by atoms with van der Waals surface area (Å²) in [7, 11) is 0. The molecular weight excluding hydrogens is 448 g/mol. The van der Waals surface area contributed by atoms with Crippen LogP contribution in [0.3, 0.4) is 0 Å². The molecule has 0 rings (SSSR count). The van der Waals surface area contributed by atoms with Crippen LogP contribution in [0.5, 0.6) is 0 Å². The lowest BCUT2D eigenvalue weighted by Gasteiger charge is -2.26. The van der Waals surface area contributed by atoms with Crippen molar-refractivity contribution in [3.8, 4) is 0 Å². The molecule has 0 saturated heterocycles. The number of nitrogens with one attached hydrogen (secondary N) is 3. The van der Waals surface area contributed by atoms with E-state index in [-0.39, 0.29) is 0 Å². The smallest absolute Gasteiger partial charge is 0.326 e. The maximum absolute atomic E-state index is 12.7. The summed E-state index contributed by atoms with van der Waals surface area (Å²) in [5, 5.41) is 41.8. The molecule has 33 heavy (non-hydrogen) atoms. The Balaban J connectivity index is 5.53. The number of aliphatic carboxylic acids is 4. The fourth-order valence-corrected chi connectivity index (χ4v) is 2.52. The molecule has 0 aliphatic carbocycles. The van der Waals surface area contributed by atoms with Crippen molar-refractivity contribution in [1.82, 2.24) is 16.0 Å². The number of carboxylic acids is 4. The highest BCUT2D eigenvalue weighted by Gasteiger charge is 2.32. The maximum atomic E-state index is 12.7. The standard InChI is InChI=1S/C18H28N4O11/c1-7(2)14(22-15(29)8(19)5-12(25)26)17(31)20-9(3-4-11(23)24)16(30)21-10(18(32)33)6-13(27)28/h7-10,14H,3-6,19H2,1-2H3,(H,20,31)(H,21,30)(H,22,29)(H,23,24)(H,25,26)(H,27,28)(H,32,33). The molecule has 0 aromatic carbocycles. The lowest BCUT2D eigenvalue weighted by atomic mass is 10.0. The van der Waals surface area contributed by atoms with Crippen LogP contribution in [-0.2, 0) is 33.6 Å². The minimum atomic E-state index is -1.84. The van der Waals surface area contributed by atoms with Gasteiger partial charge in [0.1, 0.15) is 18.1 Å². The lowest BCUT2D eigenvalue weighted by molar-refractivity contribution is -0.147. The van der Waals surface area contributed by atoms with Crippen LogP contribution >= 0.6 is 0 Å². The monoisotopic (exact) mass is 476 g/mol. The number of carbonyl (C=O) groups excluding carboxylic acids is 3. The Hall–Kier alpha value is -3.75. The van der Waals surface area contributed by atoms with Gasteiger partial charge in [-0.3, -0.25) is 28.8 Å². The third-order valence-electron chi connectivity index (χ3n) is 4.25. The highest BCUT2D eigenvalue weighted by atomic mass is 16.4. The third kappa shape index (κ3) is 11.4. The second-order valence-electron chi connectivity index (χ2n) is 7.43. The van der Waals surface area contributed by atoms with Crippen molar-refractivity contribution in [3.63, 3.8) is 0 Å². The molecule has 0 fully saturated rings. The topological polar surface area (TPSA) is 263 Å². The van der Waals surface area contributed by atoms with Crippen molar-refractivity contribution >= 4 is 41.6 Å². The van der Waals surface area contributed by atoms with Gasteiger partial charge in [-0.05, 0) is 12.3 Å². The summed E-state index contributed by atoms with van der Waals surface area (Å²) >= 11 is 0. The number of hydrogen-bond acceptors (Lipinski definition) is 8. The van der Waals surface area contributed by atoms with Crippen LogP contribution in [0.2, 0.25) is 0 Å². The molecule has 0 aliphatic rings. The van der Waals surface area contributed by atoms with Crippen molar-refractivity contribution in [2.24, 2.45) is 11.7 Å². The van der Waals surface area contributed by atoms with Gasteiger partial charge in [0.2, 0.25) is 17.7 Å². The summed E-state index contributed by atoms with van der Waals surface area (Å²) < 4.78 is 0. The van der Waals surface area contributed by atoms with E-state index >= 15 is 0 Å². The van der Waals surface area contributed by atoms with Crippen molar-refractivity contribution in [2.45, 2.75) is 63.7 Å². The van der Waals surface area contributed by atoms with E-state index in [4.69, 9.17) is 26.2 Å².